The molecule has 0 amide bonds. The van der Waals surface area contributed by atoms with E-state index in [2.05, 4.69) is 38.0 Å². The topological polar surface area (TPSA) is 60.2 Å². The van der Waals surface area contributed by atoms with Gasteiger partial charge in [0, 0.05) is 6.04 Å². The quantitative estimate of drug-likeness (QED) is 0.877. The summed E-state index contributed by atoms with van der Waals surface area (Å²) in [4.78, 5) is 4.49. The Bertz CT molecular complexity index is 481. The molecule has 0 unspecified atom stereocenters. The van der Waals surface area contributed by atoms with E-state index in [4.69, 9.17) is 10.5 Å². The summed E-state index contributed by atoms with van der Waals surface area (Å²) in [5, 5.41) is 3.57. The van der Waals surface area contributed by atoms with Gasteiger partial charge in [-0.25, -0.2) is 0 Å². The lowest BCUT2D eigenvalue weighted by Gasteiger charge is -2.45. The molecular formula is C17H29N3O. The summed E-state index contributed by atoms with van der Waals surface area (Å²) in [5.74, 6) is 1.38. The monoisotopic (exact) mass is 291 g/mol. The van der Waals surface area contributed by atoms with Gasteiger partial charge < -0.3 is 15.8 Å². The van der Waals surface area contributed by atoms with Crippen LogP contribution in [-0.4, -0.2) is 17.6 Å². The number of nitrogens with zero attached hydrogens (tertiary/aromatic N) is 1. The third kappa shape index (κ3) is 4.26. The normalized spacial score (nSPS) is 21.0. The van der Waals surface area contributed by atoms with E-state index in [-0.39, 0.29) is 0 Å². The zero-order valence-electron chi connectivity index (χ0n) is 14.0. The van der Waals surface area contributed by atoms with Crippen LogP contribution in [0.4, 0.5) is 11.5 Å². The summed E-state index contributed by atoms with van der Waals surface area (Å²) in [5.41, 5.74) is 7.18. The van der Waals surface area contributed by atoms with E-state index in [1.54, 1.807) is 0 Å². The highest BCUT2D eigenvalue weighted by Gasteiger charge is 2.38. The number of aromatic nitrogens is 1. The Labute approximate surface area is 128 Å². The molecular weight excluding hydrogens is 262 g/mol. The third-order valence-electron chi connectivity index (χ3n) is 4.08. The molecule has 0 saturated heterocycles. The Morgan fingerprint density at radius 2 is 1.86 bits per heavy atom. The molecule has 0 bridgehead atoms. The molecule has 3 N–H and O–H groups in total. The van der Waals surface area contributed by atoms with Crippen molar-refractivity contribution in [3.8, 4) is 5.88 Å². The van der Waals surface area contributed by atoms with Gasteiger partial charge in [0.25, 0.3) is 0 Å². The van der Waals surface area contributed by atoms with Crippen LogP contribution in [0.5, 0.6) is 5.88 Å². The second-order valence-electron chi connectivity index (χ2n) is 7.78. The van der Waals surface area contributed by atoms with Crippen molar-refractivity contribution in [2.75, 3.05) is 17.7 Å². The van der Waals surface area contributed by atoms with Crippen LogP contribution in [0.25, 0.3) is 0 Å². The van der Waals surface area contributed by atoms with Crippen molar-refractivity contribution in [3.63, 3.8) is 0 Å². The van der Waals surface area contributed by atoms with Gasteiger partial charge in [0.2, 0.25) is 5.88 Å². The second-order valence-corrected chi connectivity index (χ2v) is 7.78. The van der Waals surface area contributed by atoms with Crippen molar-refractivity contribution in [1.29, 1.82) is 0 Å². The van der Waals surface area contributed by atoms with E-state index in [9.17, 15) is 0 Å². The van der Waals surface area contributed by atoms with Crippen LogP contribution in [0.15, 0.2) is 12.1 Å². The van der Waals surface area contributed by atoms with Crippen molar-refractivity contribution in [3.05, 3.63) is 12.1 Å². The first-order valence-electron chi connectivity index (χ1n) is 7.87. The molecule has 1 aromatic rings. The van der Waals surface area contributed by atoms with Crippen LogP contribution < -0.4 is 15.8 Å². The van der Waals surface area contributed by atoms with E-state index in [1.165, 1.54) is 6.42 Å². The number of rotatable bonds is 4. The van der Waals surface area contributed by atoms with Crippen LogP contribution in [0.2, 0.25) is 0 Å². The fraction of sp³-hybridized carbons (Fsp3) is 0.706. The van der Waals surface area contributed by atoms with Gasteiger partial charge in [-0.15, -0.1) is 0 Å². The van der Waals surface area contributed by atoms with E-state index in [0.717, 1.165) is 18.7 Å². The van der Waals surface area contributed by atoms with Crippen molar-refractivity contribution < 1.29 is 4.74 Å². The van der Waals surface area contributed by atoms with E-state index < -0.39 is 0 Å². The van der Waals surface area contributed by atoms with Gasteiger partial charge in [-0.2, -0.15) is 4.98 Å². The predicted molar refractivity (Wildman–Crippen MR) is 88.6 cm³/mol. The molecule has 1 fully saturated rings. The van der Waals surface area contributed by atoms with E-state index in [0.29, 0.717) is 35.0 Å². The summed E-state index contributed by atoms with van der Waals surface area (Å²) in [6, 6.07) is 4.24. The zero-order chi connectivity index (χ0) is 15.7. The van der Waals surface area contributed by atoms with Gasteiger partial charge in [-0.1, -0.05) is 27.7 Å². The fourth-order valence-electron chi connectivity index (χ4n) is 3.94. The molecule has 0 aliphatic heterocycles. The van der Waals surface area contributed by atoms with Crippen LogP contribution in [0, 0.1) is 10.8 Å². The van der Waals surface area contributed by atoms with Crippen LogP contribution in [0.1, 0.15) is 53.9 Å². The first kappa shape index (κ1) is 15.9. The Balaban J connectivity index is 2.12. The first-order valence-corrected chi connectivity index (χ1v) is 7.87. The average Bonchev–Trinajstić information content (AvgIpc) is 2.29. The number of nitrogen functional groups attached to an aromatic ring is 1. The number of pyridine rings is 1. The van der Waals surface area contributed by atoms with Gasteiger partial charge in [-0.05, 0) is 49.1 Å². The number of hydrogen-bond acceptors (Lipinski definition) is 4. The molecule has 21 heavy (non-hydrogen) atoms. The third-order valence-corrected chi connectivity index (χ3v) is 4.08. The lowest BCUT2D eigenvalue weighted by atomic mass is 9.63. The van der Waals surface area contributed by atoms with Crippen molar-refractivity contribution in [2.45, 2.75) is 59.9 Å². The van der Waals surface area contributed by atoms with Crippen LogP contribution >= 0.6 is 0 Å². The highest BCUT2D eigenvalue weighted by atomic mass is 16.5. The lowest BCUT2D eigenvalue weighted by Crippen LogP contribution is -2.40. The minimum atomic E-state index is 0.357. The standard InChI is InChI=1S/C17H29N3O/c1-6-21-15-13(18)7-8-14(20-15)19-12-9-16(2,3)11-17(4,5)10-12/h7-8,12H,6,9-11,18H2,1-5H3,(H,19,20). The van der Waals surface area contributed by atoms with Gasteiger partial charge in [0.1, 0.15) is 5.82 Å². The van der Waals surface area contributed by atoms with E-state index in [1.807, 2.05) is 19.1 Å². The Kier molecular flexibility index (Phi) is 4.35. The minimum absolute atomic E-state index is 0.357. The number of nitrogens with two attached hydrogens (primary N) is 1. The van der Waals surface area contributed by atoms with Gasteiger partial charge in [0.05, 0.1) is 12.3 Å². The van der Waals surface area contributed by atoms with Crippen molar-refractivity contribution in [1.82, 2.24) is 4.98 Å². The predicted octanol–water partition coefficient (Wildman–Crippen LogP) is 4.08. The van der Waals surface area contributed by atoms with Crippen molar-refractivity contribution >= 4 is 11.5 Å². The lowest BCUT2D eigenvalue weighted by molar-refractivity contribution is 0.105. The van der Waals surface area contributed by atoms with Gasteiger partial charge in [0.15, 0.2) is 0 Å². The van der Waals surface area contributed by atoms with Gasteiger partial charge >= 0.3 is 0 Å². The maximum atomic E-state index is 5.88. The van der Waals surface area contributed by atoms with Crippen LogP contribution in [-0.2, 0) is 0 Å². The SMILES string of the molecule is CCOc1nc(NC2CC(C)(C)CC(C)(C)C2)ccc1N. The van der Waals surface area contributed by atoms with Crippen LogP contribution in [0.3, 0.4) is 0 Å². The minimum Gasteiger partial charge on any atom is -0.476 e. The number of ether oxygens (including phenoxy) is 1. The maximum absolute atomic E-state index is 5.88. The maximum Gasteiger partial charge on any atom is 0.239 e. The molecule has 4 heteroatoms. The van der Waals surface area contributed by atoms with Gasteiger partial charge in [-0.3, -0.25) is 0 Å². The number of hydrogen-bond donors (Lipinski definition) is 2. The summed E-state index contributed by atoms with van der Waals surface area (Å²) >= 11 is 0. The summed E-state index contributed by atoms with van der Waals surface area (Å²) in [6.07, 6.45) is 3.58. The molecule has 2 rings (SSSR count). The summed E-state index contributed by atoms with van der Waals surface area (Å²) < 4.78 is 5.47. The molecule has 1 aromatic heterocycles. The molecule has 1 saturated carbocycles. The Hall–Kier alpha value is -1.45. The molecule has 4 nitrogen and oxygen atoms in total. The fourth-order valence-corrected chi connectivity index (χ4v) is 3.94. The molecule has 0 radical (unpaired) electrons. The molecule has 1 aliphatic rings. The molecule has 0 aromatic carbocycles. The molecule has 0 atom stereocenters. The summed E-state index contributed by atoms with van der Waals surface area (Å²) in [6.45, 7) is 11.9. The Morgan fingerprint density at radius 1 is 1.24 bits per heavy atom. The van der Waals surface area contributed by atoms with Crippen molar-refractivity contribution in [2.24, 2.45) is 10.8 Å². The molecule has 0 spiro atoms. The summed E-state index contributed by atoms with van der Waals surface area (Å²) in [7, 11) is 0. The highest BCUT2D eigenvalue weighted by molar-refractivity contribution is 5.53. The van der Waals surface area contributed by atoms with E-state index >= 15 is 0 Å². The Morgan fingerprint density at radius 3 is 2.43 bits per heavy atom. The number of nitrogens with one attached hydrogen (secondary N) is 1. The first-order chi connectivity index (χ1) is 9.71. The molecule has 1 heterocycles. The average molecular weight is 291 g/mol. The highest BCUT2D eigenvalue weighted by Crippen LogP contribution is 2.46. The largest absolute Gasteiger partial charge is 0.476 e. The smallest absolute Gasteiger partial charge is 0.239 e. The zero-order valence-corrected chi connectivity index (χ0v) is 14.0. The number of anilines is 2. The molecule has 1 aliphatic carbocycles. The second kappa shape index (κ2) is 5.74. The molecule has 118 valence electrons.